The zero-order chi connectivity index (χ0) is 23.3. The first-order chi connectivity index (χ1) is 16.1. The van der Waals surface area contributed by atoms with Gasteiger partial charge in [0.15, 0.2) is 7.79 Å². The number of nitrogens with zero attached hydrogens (tertiary/aromatic N) is 2. The van der Waals surface area contributed by atoms with Crippen LogP contribution in [0.3, 0.4) is 0 Å². The standard InChI is InChI=1S/C27H30N2O3P/c1-3-32-27(30)26(21-23-13-7-4-8-14-23)22(2)33(31)28(24-15-9-5-10-16-24)19-20-29(33)25-17-11-6-12-18-25/h4-18,26,31H,2-3,19-21H2,1H3. The van der Waals surface area contributed by atoms with Crippen LogP contribution in [0.2, 0.25) is 0 Å². The topological polar surface area (TPSA) is 53.0 Å². The maximum atomic E-state index is 13.2. The van der Waals surface area contributed by atoms with Gasteiger partial charge in [0.2, 0.25) is 0 Å². The lowest BCUT2D eigenvalue weighted by Crippen LogP contribution is -2.32. The van der Waals surface area contributed by atoms with Gasteiger partial charge in [-0.25, -0.2) is 0 Å². The van der Waals surface area contributed by atoms with Crippen LogP contribution in [0.15, 0.2) is 103 Å². The number of anilines is 2. The Kier molecular flexibility index (Phi) is 7.12. The van der Waals surface area contributed by atoms with Gasteiger partial charge in [-0.15, -0.1) is 0 Å². The van der Waals surface area contributed by atoms with Crippen LogP contribution in [0.4, 0.5) is 11.4 Å². The summed E-state index contributed by atoms with van der Waals surface area (Å²) in [6.07, 6.45) is 0.423. The van der Waals surface area contributed by atoms with Crippen LogP contribution in [0.1, 0.15) is 12.5 Å². The first-order valence-electron chi connectivity index (χ1n) is 11.2. The fraction of sp³-hybridized carbons (Fsp3) is 0.222. The van der Waals surface area contributed by atoms with E-state index >= 15 is 0 Å². The Morgan fingerprint density at radius 3 is 1.82 bits per heavy atom. The number of esters is 1. The number of rotatable bonds is 8. The van der Waals surface area contributed by atoms with Crippen molar-refractivity contribution in [2.45, 2.75) is 13.3 Å². The fourth-order valence-corrected chi connectivity index (χ4v) is 7.47. The van der Waals surface area contributed by atoms with Crippen molar-refractivity contribution >= 4 is 25.1 Å². The van der Waals surface area contributed by atoms with Crippen molar-refractivity contribution in [2.75, 3.05) is 29.0 Å². The Labute approximate surface area is 196 Å². The van der Waals surface area contributed by atoms with Crippen molar-refractivity contribution in [1.29, 1.82) is 0 Å². The van der Waals surface area contributed by atoms with Crippen LogP contribution >= 0.6 is 7.79 Å². The lowest BCUT2D eigenvalue weighted by molar-refractivity contribution is -0.146. The van der Waals surface area contributed by atoms with Gasteiger partial charge in [0, 0.05) is 29.8 Å². The van der Waals surface area contributed by atoms with Gasteiger partial charge in [-0.1, -0.05) is 73.3 Å². The van der Waals surface area contributed by atoms with Crippen molar-refractivity contribution < 1.29 is 14.4 Å². The Bertz CT molecular complexity index is 1030. The van der Waals surface area contributed by atoms with Gasteiger partial charge < -0.3 is 19.0 Å². The average Bonchev–Trinajstić information content (AvgIpc) is 3.22. The molecule has 1 aliphatic heterocycles. The van der Waals surface area contributed by atoms with Crippen molar-refractivity contribution in [3.63, 3.8) is 0 Å². The summed E-state index contributed by atoms with van der Waals surface area (Å²) in [4.78, 5) is 25.7. The molecular weight excluding hydrogens is 431 g/mol. The van der Waals surface area contributed by atoms with E-state index in [9.17, 15) is 9.69 Å². The number of ether oxygens (including phenoxy) is 1. The Morgan fingerprint density at radius 2 is 1.36 bits per heavy atom. The van der Waals surface area contributed by atoms with E-state index in [0.717, 1.165) is 16.9 Å². The summed E-state index contributed by atoms with van der Waals surface area (Å²) >= 11 is 0. The average molecular weight is 462 g/mol. The highest BCUT2D eigenvalue weighted by Gasteiger charge is 2.50. The van der Waals surface area contributed by atoms with Gasteiger partial charge in [-0.05, 0) is 43.2 Å². The van der Waals surface area contributed by atoms with E-state index < -0.39 is 13.7 Å². The second-order valence-corrected chi connectivity index (χ2v) is 10.6. The van der Waals surface area contributed by atoms with Gasteiger partial charge in [0.25, 0.3) is 0 Å². The number of carbonyl (C=O) groups is 1. The largest absolute Gasteiger partial charge is 0.466 e. The molecule has 0 saturated carbocycles. The van der Waals surface area contributed by atoms with Gasteiger partial charge in [0.05, 0.1) is 12.5 Å². The molecule has 1 aliphatic rings. The van der Waals surface area contributed by atoms with E-state index in [4.69, 9.17) is 4.74 Å². The summed E-state index contributed by atoms with van der Waals surface area (Å²) in [6, 6.07) is 29.5. The Hall–Kier alpha value is -3.14. The predicted octanol–water partition coefficient (Wildman–Crippen LogP) is 5.70. The third kappa shape index (κ3) is 4.66. The molecule has 1 N–H and O–H groups in total. The highest BCUT2D eigenvalue weighted by atomic mass is 31.2. The number of benzene rings is 3. The molecule has 1 heterocycles. The molecule has 0 bridgehead atoms. The number of para-hydroxylation sites is 2. The Morgan fingerprint density at radius 1 is 0.909 bits per heavy atom. The van der Waals surface area contributed by atoms with Gasteiger partial charge in [-0.3, -0.25) is 4.79 Å². The number of hydrogen-bond acceptors (Lipinski definition) is 5. The number of hydrogen-bond donors (Lipinski definition) is 1. The third-order valence-corrected chi connectivity index (χ3v) is 9.24. The summed E-state index contributed by atoms with van der Waals surface area (Å²) in [5.41, 5.74) is 2.82. The summed E-state index contributed by atoms with van der Waals surface area (Å²) in [5.74, 6) is -1.02. The molecule has 1 saturated heterocycles. The van der Waals surface area contributed by atoms with Crippen LogP contribution in [-0.2, 0) is 16.0 Å². The second-order valence-electron chi connectivity index (χ2n) is 7.97. The van der Waals surface area contributed by atoms with E-state index in [1.165, 1.54) is 0 Å². The summed E-state index contributed by atoms with van der Waals surface area (Å²) in [7, 11) is -3.17. The van der Waals surface area contributed by atoms with E-state index in [-0.39, 0.29) is 12.6 Å². The van der Waals surface area contributed by atoms with E-state index in [2.05, 4.69) is 6.58 Å². The van der Waals surface area contributed by atoms with Gasteiger partial charge in [0.1, 0.15) is 0 Å². The Balaban J connectivity index is 1.78. The summed E-state index contributed by atoms with van der Waals surface area (Å²) in [5, 5.41) is 0.509. The zero-order valence-electron chi connectivity index (χ0n) is 18.9. The number of carbonyl (C=O) groups excluding carboxylic acids is 1. The second kappa shape index (κ2) is 10.2. The smallest absolute Gasteiger partial charge is 0.313 e. The molecule has 33 heavy (non-hydrogen) atoms. The van der Waals surface area contributed by atoms with Crippen molar-refractivity contribution in [3.8, 4) is 0 Å². The van der Waals surface area contributed by atoms with Crippen LogP contribution in [0.25, 0.3) is 0 Å². The molecule has 3 aromatic carbocycles. The highest BCUT2D eigenvalue weighted by Crippen LogP contribution is 2.73. The lowest BCUT2D eigenvalue weighted by atomic mass is 9.99. The quantitative estimate of drug-likeness (QED) is 0.344. The van der Waals surface area contributed by atoms with E-state index in [1.54, 1.807) is 6.92 Å². The molecule has 1 atom stereocenters. The van der Waals surface area contributed by atoms with Crippen molar-refractivity contribution in [2.24, 2.45) is 5.92 Å². The summed E-state index contributed by atoms with van der Waals surface area (Å²) < 4.78 is 9.51. The molecule has 4 rings (SSSR count). The lowest BCUT2D eigenvalue weighted by Gasteiger charge is -2.45. The van der Waals surface area contributed by atoms with Crippen LogP contribution in [-0.4, -0.2) is 30.6 Å². The maximum Gasteiger partial charge on any atom is 0.313 e. The zero-order valence-corrected chi connectivity index (χ0v) is 19.8. The monoisotopic (exact) mass is 461 g/mol. The molecule has 171 valence electrons. The van der Waals surface area contributed by atoms with Gasteiger partial charge in [-0.2, -0.15) is 0 Å². The molecule has 0 amide bonds. The summed E-state index contributed by atoms with van der Waals surface area (Å²) in [6.45, 7) is 7.71. The predicted molar refractivity (Wildman–Crippen MR) is 136 cm³/mol. The molecule has 0 aromatic heterocycles. The van der Waals surface area contributed by atoms with E-state index in [0.29, 0.717) is 24.8 Å². The molecule has 0 aliphatic carbocycles. The minimum atomic E-state index is -3.17. The molecule has 1 radical (unpaired) electrons. The molecular formula is C27H30N2O3P. The maximum absolute atomic E-state index is 13.2. The van der Waals surface area contributed by atoms with Crippen molar-refractivity contribution in [3.05, 3.63) is 108 Å². The van der Waals surface area contributed by atoms with Crippen LogP contribution < -0.4 is 9.34 Å². The molecule has 1 fully saturated rings. The molecule has 5 nitrogen and oxygen atoms in total. The molecule has 3 aromatic rings. The first kappa shape index (κ1) is 23.0. The minimum Gasteiger partial charge on any atom is -0.466 e. The molecule has 6 heteroatoms. The SMILES string of the molecule is C=C(C(Cc1ccccc1)C(=O)OCC)[P]1(O)N(c2ccccc2)CCN1c1ccccc1. The first-order valence-corrected chi connectivity index (χ1v) is 12.9. The fourth-order valence-electron chi connectivity index (χ4n) is 4.33. The minimum absolute atomic E-state index is 0.277. The highest BCUT2D eigenvalue weighted by molar-refractivity contribution is 7.77. The van der Waals surface area contributed by atoms with Gasteiger partial charge >= 0.3 is 5.97 Å². The van der Waals surface area contributed by atoms with E-state index in [1.807, 2.05) is 100 Å². The molecule has 0 spiro atoms. The van der Waals surface area contributed by atoms with Crippen LogP contribution in [0.5, 0.6) is 0 Å². The van der Waals surface area contributed by atoms with Crippen molar-refractivity contribution in [1.82, 2.24) is 0 Å². The molecule has 1 unspecified atom stereocenters. The third-order valence-electron chi connectivity index (χ3n) is 5.95. The van der Waals surface area contributed by atoms with Crippen LogP contribution in [0, 0.1) is 5.92 Å². The normalized spacial score (nSPS) is 15.8.